The SMILES string of the molecule is CC(=O)CCOC(C)C(C)C. The molecular formula is C9H18O2. The van der Waals surface area contributed by atoms with E-state index >= 15 is 0 Å². The van der Waals surface area contributed by atoms with E-state index in [-0.39, 0.29) is 11.9 Å². The van der Waals surface area contributed by atoms with Gasteiger partial charge in [-0.15, -0.1) is 0 Å². The lowest BCUT2D eigenvalue weighted by Gasteiger charge is -2.15. The molecule has 0 rings (SSSR count). The van der Waals surface area contributed by atoms with Crippen LogP contribution in [0.15, 0.2) is 0 Å². The molecule has 0 saturated heterocycles. The molecule has 0 amide bonds. The molecule has 0 heterocycles. The van der Waals surface area contributed by atoms with E-state index in [4.69, 9.17) is 4.74 Å². The van der Waals surface area contributed by atoms with E-state index in [2.05, 4.69) is 13.8 Å². The van der Waals surface area contributed by atoms with E-state index in [1.807, 2.05) is 6.92 Å². The van der Waals surface area contributed by atoms with Gasteiger partial charge in [-0.25, -0.2) is 0 Å². The molecule has 0 N–H and O–H groups in total. The lowest BCUT2D eigenvalue weighted by atomic mass is 10.1. The Morgan fingerprint density at radius 2 is 1.91 bits per heavy atom. The van der Waals surface area contributed by atoms with Crippen molar-refractivity contribution in [3.05, 3.63) is 0 Å². The van der Waals surface area contributed by atoms with Gasteiger partial charge in [0.05, 0.1) is 12.7 Å². The Morgan fingerprint density at radius 1 is 1.36 bits per heavy atom. The second kappa shape index (κ2) is 5.30. The minimum absolute atomic E-state index is 0.195. The zero-order chi connectivity index (χ0) is 8.85. The van der Waals surface area contributed by atoms with Crippen LogP contribution < -0.4 is 0 Å². The molecule has 0 aromatic rings. The molecule has 11 heavy (non-hydrogen) atoms. The highest BCUT2D eigenvalue weighted by Gasteiger charge is 2.06. The summed E-state index contributed by atoms with van der Waals surface area (Å²) in [6.45, 7) is 8.40. The molecule has 0 aliphatic carbocycles. The van der Waals surface area contributed by atoms with Crippen LogP contribution in [0.4, 0.5) is 0 Å². The van der Waals surface area contributed by atoms with E-state index in [1.54, 1.807) is 6.92 Å². The van der Waals surface area contributed by atoms with Crippen LogP contribution >= 0.6 is 0 Å². The molecule has 1 atom stereocenters. The van der Waals surface area contributed by atoms with Gasteiger partial charge in [0, 0.05) is 6.42 Å². The summed E-state index contributed by atoms with van der Waals surface area (Å²) in [7, 11) is 0. The van der Waals surface area contributed by atoms with Crippen molar-refractivity contribution in [2.24, 2.45) is 5.92 Å². The van der Waals surface area contributed by atoms with Gasteiger partial charge in [-0.2, -0.15) is 0 Å². The summed E-state index contributed by atoms with van der Waals surface area (Å²) < 4.78 is 5.39. The van der Waals surface area contributed by atoms with Crippen LogP contribution in [-0.4, -0.2) is 18.5 Å². The second-order valence-electron chi connectivity index (χ2n) is 3.27. The number of hydrogen-bond acceptors (Lipinski definition) is 2. The normalized spacial score (nSPS) is 13.5. The van der Waals surface area contributed by atoms with Crippen LogP contribution in [0.1, 0.15) is 34.1 Å². The summed E-state index contributed by atoms with van der Waals surface area (Å²) in [6, 6.07) is 0. The third-order valence-corrected chi connectivity index (χ3v) is 1.77. The minimum Gasteiger partial charge on any atom is -0.378 e. The number of ether oxygens (including phenoxy) is 1. The fraction of sp³-hybridized carbons (Fsp3) is 0.889. The zero-order valence-corrected chi connectivity index (χ0v) is 7.89. The Labute approximate surface area is 68.9 Å². The summed E-state index contributed by atoms with van der Waals surface area (Å²) >= 11 is 0. The second-order valence-corrected chi connectivity index (χ2v) is 3.27. The summed E-state index contributed by atoms with van der Waals surface area (Å²) in [5, 5.41) is 0. The van der Waals surface area contributed by atoms with Gasteiger partial charge in [0.1, 0.15) is 5.78 Å². The van der Waals surface area contributed by atoms with E-state index in [9.17, 15) is 4.79 Å². The first-order chi connectivity index (χ1) is 5.04. The molecule has 0 aliphatic rings. The lowest BCUT2D eigenvalue weighted by molar-refractivity contribution is -0.118. The fourth-order valence-corrected chi connectivity index (χ4v) is 0.581. The molecule has 2 nitrogen and oxygen atoms in total. The maximum absolute atomic E-state index is 10.5. The van der Waals surface area contributed by atoms with Gasteiger partial charge >= 0.3 is 0 Å². The highest BCUT2D eigenvalue weighted by atomic mass is 16.5. The topological polar surface area (TPSA) is 26.3 Å². The summed E-state index contributed by atoms with van der Waals surface area (Å²) in [5.74, 6) is 0.725. The van der Waals surface area contributed by atoms with Crippen molar-refractivity contribution in [1.29, 1.82) is 0 Å². The van der Waals surface area contributed by atoms with Crippen LogP contribution in [0.5, 0.6) is 0 Å². The number of carbonyl (C=O) groups excluding carboxylic acids is 1. The summed E-state index contributed by atoms with van der Waals surface area (Å²) in [5.41, 5.74) is 0. The van der Waals surface area contributed by atoms with Crippen LogP contribution in [0.2, 0.25) is 0 Å². The van der Waals surface area contributed by atoms with Crippen LogP contribution in [0, 0.1) is 5.92 Å². The molecule has 0 radical (unpaired) electrons. The number of hydrogen-bond donors (Lipinski definition) is 0. The maximum Gasteiger partial charge on any atom is 0.132 e. The maximum atomic E-state index is 10.5. The monoisotopic (exact) mass is 158 g/mol. The van der Waals surface area contributed by atoms with E-state index < -0.39 is 0 Å². The van der Waals surface area contributed by atoms with Gasteiger partial charge in [-0.05, 0) is 19.8 Å². The van der Waals surface area contributed by atoms with Gasteiger partial charge < -0.3 is 4.74 Å². The fourth-order valence-electron chi connectivity index (χ4n) is 0.581. The van der Waals surface area contributed by atoms with Crippen molar-refractivity contribution in [3.63, 3.8) is 0 Å². The largest absolute Gasteiger partial charge is 0.378 e. The van der Waals surface area contributed by atoms with E-state index in [1.165, 1.54) is 0 Å². The number of Topliss-reactive ketones (excluding diaryl/α,β-unsaturated/α-hetero) is 1. The molecule has 0 saturated carbocycles. The van der Waals surface area contributed by atoms with Gasteiger partial charge in [-0.1, -0.05) is 13.8 Å². The molecular weight excluding hydrogens is 140 g/mol. The molecule has 0 aromatic heterocycles. The predicted molar refractivity (Wildman–Crippen MR) is 45.6 cm³/mol. The van der Waals surface area contributed by atoms with Crippen LogP contribution in [0.3, 0.4) is 0 Å². The zero-order valence-electron chi connectivity index (χ0n) is 7.89. The first kappa shape index (κ1) is 10.6. The third-order valence-electron chi connectivity index (χ3n) is 1.77. The van der Waals surface area contributed by atoms with Gasteiger partial charge in [0.2, 0.25) is 0 Å². The quantitative estimate of drug-likeness (QED) is 0.612. The van der Waals surface area contributed by atoms with Crippen LogP contribution in [-0.2, 0) is 9.53 Å². The number of carbonyl (C=O) groups is 1. The Hall–Kier alpha value is -0.370. The lowest BCUT2D eigenvalue weighted by Crippen LogP contribution is -2.16. The third kappa shape index (κ3) is 6.05. The average Bonchev–Trinajstić information content (AvgIpc) is 1.86. The minimum atomic E-state index is 0.195. The van der Waals surface area contributed by atoms with Crippen molar-refractivity contribution < 1.29 is 9.53 Å². The first-order valence-corrected chi connectivity index (χ1v) is 4.15. The van der Waals surface area contributed by atoms with Gasteiger partial charge in [-0.3, -0.25) is 4.79 Å². The summed E-state index contributed by atoms with van der Waals surface area (Å²) in [6.07, 6.45) is 0.797. The molecule has 0 bridgehead atoms. The number of ketones is 1. The first-order valence-electron chi connectivity index (χ1n) is 4.15. The Bertz CT molecular complexity index is 119. The summed E-state index contributed by atoms with van der Waals surface area (Å²) in [4.78, 5) is 10.5. The standard InChI is InChI=1S/C9H18O2/c1-7(2)9(4)11-6-5-8(3)10/h7,9H,5-6H2,1-4H3. The smallest absolute Gasteiger partial charge is 0.132 e. The molecule has 0 aromatic carbocycles. The van der Waals surface area contributed by atoms with Crippen LogP contribution in [0.25, 0.3) is 0 Å². The highest BCUT2D eigenvalue weighted by molar-refractivity contribution is 5.75. The van der Waals surface area contributed by atoms with E-state index in [0.29, 0.717) is 18.9 Å². The van der Waals surface area contributed by atoms with Gasteiger partial charge in [0.15, 0.2) is 0 Å². The molecule has 0 spiro atoms. The molecule has 2 heteroatoms. The Kier molecular flexibility index (Phi) is 5.12. The number of rotatable bonds is 5. The van der Waals surface area contributed by atoms with Crippen molar-refractivity contribution >= 4 is 5.78 Å². The molecule has 1 unspecified atom stereocenters. The highest BCUT2D eigenvalue weighted by Crippen LogP contribution is 2.05. The Balaban J connectivity index is 3.31. The molecule has 0 aliphatic heterocycles. The van der Waals surface area contributed by atoms with Crippen molar-refractivity contribution in [2.45, 2.75) is 40.2 Å². The molecule has 0 fully saturated rings. The van der Waals surface area contributed by atoms with Gasteiger partial charge in [0.25, 0.3) is 0 Å². The molecule has 66 valence electrons. The Morgan fingerprint density at radius 3 is 2.27 bits per heavy atom. The van der Waals surface area contributed by atoms with Crippen molar-refractivity contribution in [2.75, 3.05) is 6.61 Å². The predicted octanol–water partition coefficient (Wildman–Crippen LogP) is 2.03. The van der Waals surface area contributed by atoms with Crippen molar-refractivity contribution in [1.82, 2.24) is 0 Å². The average molecular weight is 158 g/mol. The van der Waals surface area contributed by atoms with E-state index in [0.717, 1.165) is 0 Å². The van der Waals surface area contributed by atoms with Crippen molar-refractivity contribution in [3.8, 4) is 0 Å².